The van der Waals surface area contributed by atoms with Crippen LogP contribution >= 0.6 is 0 Å². The van der Waals surface area contributed by atoms with Crippen molar-refractivity contribution < 1.29 is 0 Å². The van der Waals surface area contributed by atoms with Crippen LogP contribution in [0.15, 0.2) is 140 Å². The molecule has 0 N–H and O–H groups in total. The number of benzene rings is 8. The van der Waals surface area contributed by atoms with Crippen molar-refractivity contribution in [3.63, 3.8) is 0 Å². The van der Waals surface area contributed by atoms with Crippen molar-refractivity contribution >= 4 is 62.8 Å². The normalized spacial score (nSPS) is 23.7. The summed E-state index contributed by atoms with van der Waals surface area (Å²) >= 11 is 0. The molecular formula is C80H85BN2. The zero-order valence-corrected chi connectivity index (χ0v) is 52.9. The zero-order valence-electron chi connectivity index (χ0n) is 52.9. The second-order valence-corrected chi connectivity index (χ2v) is 31.2. The molecule has 4 aliphatic heterocycles. The third-order valence-electron chi connectivity index (χ3n) is 23.6. The van der Waals surface area contributed by atoms with Crippen LogP contribution in [0.3, 0.4) is 0 Å². The van der Waals surface area contributed by atoms with Crippen LogP contribution in [-0.2, 0) is 37.9 Å². The van der Waals surface area contributed by atoms with Crippen molar-refractivity contribution in [1.82, 2.24) is 0 Å². The third-order valence-corrected chi connectivity index (χ3v) is 23.6. The predicted octanol–water partition coefficient (Wildman–Crippen LogP) is 19.1. The Kier molecular flexibility index (Phi) is 10.5. The summed E-state index contributed by atoms with van der Waals surface area (Å²) in [5, 5.41) is 0. The van der Waals surface area contributed by atoms with E-state index in [1.165, 1.54) is 164 Å². The molecule has 16 rings (SSSR count). The van der Waals surface area contributed by atoms with Crippen LogP contribution in [0.2, 0.25) is 0 Å². The molecule has 1 saturated carbocycles. The van der Waals surface area contributed by atoms with E-state index in [0.29, 0.717) is 0 Å². The minimum absolute atomic E-state index is 0.00656. The van der Waals surface area contributed by atoms with Crippen LogP contribution in [0.4, 0.5) is 34.1 Å². The molecule has 3 unspecified atom stereocenters. The van der Waals surface area contributed by atoms with Crippen molar-refractivity contribution in [1.29, 1.82) is 0 Å². The maximum Gasteiger partial charge on any atom is 0.252 e. The van der Waals surface area contributed by atoms with Crippen molar-refractivity contribution in [2.24, 2.45) is 5.41 Å². The van der Waals surface area contributed by atoms with Gasteiger partial charge >= 0.3 is 0 Å². The molecule has 3 atom stereocenters. The van der Waals surface area contributed by atoms with Crippen LogP contribution in [0, 0.1) is 26.2 Å². The Hall–Kier alpha value is -6.84. The van der Waals surface area contributed by atoms with Crippen LogP contribution in [-0.4, -0.2) is 6.71 Å². The van der Waals surface area contributed by atoms with Gasteiger partial charge in [-0.05, 0) is 211 Å². The first-order chi connectivity index (χ1) is 39.1. The maximum absolute atomic E-state index is 5.33. The van der Waals surface area contributed by atoms with Gasteiger partial charge in [0.05, 0.1) is 5.69 Å². The van der Waals surface area contributed by atoms with Gasteiger partial charge in [0.2, 0.25) is 0 Å². The summed E-state index contributed by atoms with van der Waals surface area (Å²) in [6.07, 6.45) is 5.73. The first kappa shape index (κ1) is 52.9. The molecule has 2 nitrogen and oxygen atoms in total. The summed E-state index contributed by atoms with van der Waals surface area (Å²) in [6, 6.07) is 54.7. The third kappa shape index (κ3) is 6.64. The van der Waals surface area contributed by atoms with Gasteiger partial charge in [0.25, 0.3) is 6.71 Å². The summed E-state index contributed by atoms with van der Waals surface area (Å²) in [5.74, 6) is 0. The quantitative estimate of drug-likeness (QED) is 0.151. The van der Waals surface area contributed by atoms with Crippen molar-refractivity contribution in [2.45, 2.75) is 188 Å². The molecule has 0 spiro atoms. The van der Waals surface area contributed by atoms with Crippen LogP contribution in [0.5, 0.6) is 0 Å². The van der Waals surface area contributed by atoms with E-state index >= 15 is 0 Å². The summed E-state index contributed by atoms with van der Waals surface area (Å²) < 4.78 is 0. The highest BCUT2D eigenvalue weighted by Crippen LogP contribution is 2.63. The van der Waals surface area contributed by atoms with Crippen LogP contribution in [0.25, 0.3) is 16.7 Å². The zero-order chi connectivity index (χ0) is 58.4. The van der Waals surface area contributed by atoms with E-state index in [2.05, 4.69) is 261 Å². The van der Waals surface area contributed by atoms with E-state index < -0.39 is 5.41 Å². The van der Waals surface area contributed by atoms with E-state index in [1.807, 2.05) is 0 Å². The second-order valence-electron chi connectivity index (χ2n) is 31.2. The number of nitrogens with zero attached hydrogens (tertiary/aromatic N) is 2. The monoisotopic (exact) mass is 1080 g/mol. The van der Waals surface area contributed by atoms with E-state index in [9.17, 15) is 0 Å². The van der Waals surface area contributed by atoms with Crippen LogP contribution in [0.1, 0.15) is 212 Å². The lowest BCUT2D eigenvalue weighted by atomic mass is 9.33. The standard InChI is InChI=1S/C80H85BN2/c1-46-36-69-72-70(37-46)83-66-44-62-60(39-48(66)3)77(14,15)53-28-21-22-29-54(53)80(62,18)61-38-47(2)56(41-57(61)73(5,6)7)79(17)35-24-23-34-78(79,16)49(4)50-32-33-63(67(83)40-50)81(72)64-42-58-59(75(10,11)45-74(58,8)9)43-68(64)82(69)65-31-25-30-55-71(65)51-26-19-20-27-52(51)76(55,12)13/h19-22,25-33,36-44H,4,23-24,34-35,45H2,1-3,5-18H3. The molecule has 4 heterocycles. The van der Waals surface area contributed by atoms with E-state index in [0.717, 1.165) is 19.3 Å². The molecule has 1 fully saturated rings. The topological polar surface area (TPSA) is 6.48 Å². The largest absolute Gasteiger partial charge is 0.311 e. The summed E-state index contributed by atoms with van der Waals surface area (Å²) in [5.41, 5.74) is 35.4. The average Bonchev–Trinajstić information content (AvgIpc) is 2.25. The second kappa shape index (κ2) is 16.5. The minimum Gasteiger partial charge on any atom is -0.311 e. The Balaban J connectivity index is 1.10. The number of aryl methyl sites for hydroxylation is 3. The van der Waals surface area contributed by atoms with Crippen molar-refractivity contribution in [2.75, 3.05) is 9.80 Å². The van der Waals surface area contributed by atoms with Gasteiger partial charge in [0.1, 0.15) is 0 Å². The molecule has 0 saturated heterocycles. The number of hydrogen-bond donors (Lipinski definition) is 0. The molecule has 0 aromatic heterocycles. The van der Waals surface area contributed by atoms with E-state index in [1.54, 1.807) is 0 Å². The molecule has 4 aliphatic carbocycles. The Morgan fingerprint density at radius 1 is 0.446 bits per heavy atom. The summed E-state index contributed by atoms with van der Waals surface area (Å²) in [4.78, 5) is 5.50. The molecule has 0 radical (unpaired) electrons. The summed E-state index contributed by atoms with van der Waals surface area (Å²) in [6.45, 7) is 47.5. The SMILES string of the molecule is C=C1c2ccc3c(c2)N(c2cc4c(cc2C)C(C)(C)c2ccccc2C4(C)c2cc(C)c(cc2C(C)(C)C)C2(C)CCCCC12C)c1cc(C)cc2c1B3c1cc3c(cc1N2c1cccc2c1-c1ccccc1C2(C)C)C(C)(C)CC3(C)C. The molecule has 8 aromatic rings. The Labute approximate surface area is 497 Å². The van der Waals surface area contributed by atoms with Crippen molar-refractivity contribution in [3.8, 4) is 11.1 Å². The van der Waals surface area contributed by atoms with Gasteiger partial charge in [-0.2, -0.15) is 0 Å². The molecular weight excluding hydrogens is 1000 g/mol. The first-order valence-corrected chi connectivity index (χ1v) is 31.5. The molecule has 3 heteroatoms. The molecule has 0 amide bonds. The lowest BCUT2D eigenvalue weighted by molar-refractivity contribution is 0.151. The van der Waals surface area contributed by atoms with Gasteiger partial charge in [-0.1, -0.05) is 206 Å². The number of hydrogen-bond acceptors (Lipinski definition) is 2. The van der Waals surface area contributed by atoms with Crippen molar-refractivity contribution in [3.05, 3.63) is 223 Å². The molecule has 6 bridgehead atoms. The fraction of sp³-hybridized carbons (Fsp3) is 0.375. The number of allylic oxidation sites excluding steroid dienone is 1. The highest BCUT2D eigenvalue weighted by atomic mass is 15.2. The Morgan fingerprint density at radius 2 is 1.02 bits per heavy atom. The highest BCUT2D eigenvalue weighted by molar-refractivity contribution is 7.00. The summed E-state index contributed by atoms with van der Waals surface area (Å²) in [7, 11) is 0. The van der Waals surface area contributed by atoms with Crippen LogP contribution < -0.4 is 26.2 Å². The van der Waals surface area contributed by atoms with Gasteiger partial charge in [-0.3, -0.25) is 0 Å². The number of rotatable bonds is 1. The minimum atomic E-state index is -0.486. The van der Waals surface area contributed by atoms with E-state index in [-0.39, 0.29) is 44.6 Å². The molecule has 8 aliphatic rings. The number of fused-ring (bicyclic) bond motifs is 10. The Morgan fingerprint density at radius 3 is 1.72 bits per heavy atom. The maximum atomic E-state index is 5.33. The van der Waals surface area contributed by atoms with Gasteiger partial charge < -0.3 is 9.80 Å². The van der Waals surface area contributed by atoms with Gasteiger partial charge in [-0.15, -0.1) is 0 Å². The lowest BCUT2D eigenvalue weighted by Crippen LogP contribution is -2.61. The smallest absolute Gasteiger partial charge is 0.252 e. The highest BCUT2D eigenvalue weighted by Gasteiger charge is 2.55. The number of anilines is 6. The first-order valence-electron chi connectivity index (χ1n) is 31.5. The van der Waals surface area contributed by atoms with Gasteiger partial charge in [-0.25, -0.2) is 0 Å². The Bertz CT molecular complexity index is 4240. The molecule has 8 aromatic carbocycles. The molecule has 418 valence electrons. The average molecular weight is 1090 g/mol. The molecule has 83 heavy (non-hydrogen) atoms. The van der Waals surface area contributed by atoms with E-state index in [4.69, 9.17) is 6.58 Å². The fourth-order valence-electron chi connectivity index (χ4n) is 19.2. The lowest BCUT2D eigenvalue weighted by Gasteiger charge is -2.53. The van der Waals surface area contributed by atoms with Gasteiger partial charge in [0.15, 0.2) is 0 Å². The predicted molar refractivity (Wildman–Crippen MR) is 355 cm³/mol. The fourth-order valence-corrected chi connectivity index (χ4v) is 19.2. The van der Waals surface area contributed by atoms with Gasteiger partial charge in [0, 0.05) is 61.1 Å².